The second-order valence-electron chi connectivity index (χ2n) is 7.18. The predicted octanol–water partition coefficient (Wildman–Crippen LogP) is 4.75. The largest absolute Gasteiger partial charge is 0.460 e. The molecule has 0 rings (SSSR count). The summed E-state index contributed by atoms with van der Waals surface area (Å²) in [7, 11) is 0. The van der Waals surface area contributed by atoms with Crippen molar-refractivity contribution >= 4 is 11.9 Å². The molecule has 0 saturated heterocycles. The number of carbonyl (C=O) groups excluding carboxylic acids is 2. The molecule has 0 heterocycles. The van der Waals surface area contributed by atoms with Gasteiger partial charge in [-0.2, -0.15) is 0 Å². The van der Waals surface area contributed by atoms with E-state index in [1.165, 1.54) is 0 Å². The highest BCUT2D eigenvalue weighted by atomic mass is 16.6. The third-order valence-electron chi connectivity index (χ3n) is 2.63. The van der Waals surface area contributed by atoms with E-state index in [2.05, 4.69) is 0 Å². The third kappa shape index (κ3) is 10.3. The van der Waals surface area contributed by atoms with Crippen LogP contribution in [0.1, 0.15) is 83.1 Å². The van der Waals surface area contributed by atoms with Gasteiger partial charge < -0.3 is 9.47 Å². The molecule has 0 spiro atoms. The van der Waals surface area contributed by atoms with Crippen LogP contribution < -0.4 is 0 Å². The average Bonchev–Trinajstić information content (AvgIpc) is 2.11. The predicted molar refractivity (Wildman–Crippen MR) is 88.2 cm³/mol. The van der Waals surface area contributed by atoms with E-state index in [1.54, 1.807) is 6.92 Å². The van der Waals surface area contributed by atoms with Gasteiger partial charge in [0.2, 0.25) is 0 Å². The Balaban J connectivity index is -0.00000162. The minimum absolute atomic E-state index is 0. The number of rotatable bonds is 4. The highest BCUT2D eigenvalue weighted by Gasteiger charge is 2.38. The van der Waals surface area contributed by atoms with Gasteiger partial charge in [-0.25, -0.2) is 0 Å². The first-order valence-corrected chi connectivity index (χ1v) is 6.74. The van der Waals surface area contributed by atoms with E-state index in [4.69, 9.17) is 9.47 Å². The van der Waals surface area contributed by atoms with Gasteiger partial charge >= 0.3 is 11.9 Å². The zero-order valence-corrected chi connectivity index (χ0v) is 13.5. The van der Waals surface area contributed by atoms with E-state index in [9.17, 15) is 9.59 Å². The van der Waals surface area contributed by atoms with E-state index in [-0.39, 0.29) is 33.2 Å². The maximum Gasteiger partial charge on any atom is 0.312 e. The van der Waals surface area contributed by atoms with Crippen molar-refractivity contribution in [2.75, 3.05) is 0 Å². The summed E-state index contributed by atoms with van der Waals surface area (Å²) in [5.41, 5.74) is -1.93. The topological polar surface area (TPSA) is 52.6 Å². The second-order valence-corrected chi connectivity index (χ2v) is 7.18. The molecule has 1 atom stereocenters. The molecule has 128 valence electrons. The third-order valence-corrected chi connectivity index (χ3v) is 2.63. The molecule has 0 aromatic rings. The van der Waals surface area contributed by atoms with E-state index < -0.39 is 16.6 Å². The van der Waals surface area contributed by atoms with Crippen molar-refractivity contribution in [1.82, 2.24) is 0 Å². The lowest BCUT2D eigenvalue weighted by Crippen LogP contribution is -2.38. The molecule has 0 fully saturated rings. The average molecular weight is 304 g/mol. The molecule has 4 nitrogen and oxygen atoms in total. The lowest BCUT2D eigenvalue weighted by atomic mass is 9.84. The Morgan fingerprint density at radius 1 is 0.810 bits per heavy atom. The van der Waals surface area contributed by atoms with Crippen LogP contribution in [0.3, 0.4) is 0 Å². The maximum atomic E-state index is 12.2. The summed E-state index contributed by atoms with van der Waals surface area (Å²) in [5, 5.41) is 0. The normalized spacial score (nSPS) is 14.1. The molecule has 0 amide bonds. The van der Waals surface area contributed by atoms with Crippen LogP contribution in [-0.2, 0) is 19.1 Å². The Labute approximate surface area is 131 Å². The fourth-order valence-electron chi connectivity index (χ4n) is 1.44. The Bertz CT molecular complexity index is 334. The maximum absolute atomic E-state index is 12.2. The quantitative estimate of drug-likeness (QED) is 0.703. The van der Waals surface area contributed by atoms with Gasteiger partial charge in [-0.3, -0.25) is 9.59 Å². The van der Waals surface area contributed by atoms with Gasteiger partial charge in [0, 0.05) is 0 Å². The SMILES string of the molecule is C.C.CCC(C)(CC(=O)OC(C)(C)C)C(=O)OC(C)(C)C. The van der Waals surface area contributed by atoms with E-state index in [0.717, 1.165) is 0 Å². The zero-order valence-electron chi connectivity index (χ0n) is 13.5. The molecule has 0 bridgehead atoms. The van der Waals surface area contributed by atoms with Crippen LogP contribution in [0.25, 0.3) is 0 Å². The molecule has 21 heavy (non-hydrogen) atoms. The Morgan fingerprint density at radius 2 is 1.19 bits per heavy atom. The van der Waals surface area contributed by atoms with E-state index >= 15 is 0 Å². The van der Waals surface area contributed by atoms with Gasteiger partial charge in [-0.15, -0.1) is 0 Å². The van der Waals surface area contributed by atoms with Crippen molar-refractivity contribution in [3.05, 3.63) is 0 Å². The van der Waals surface area contributed by atoms with Crippen molar-refractivity contribution in [2.45, 2.75) is 94.3 Å². The minimum Gasteiger partial charge on any atom is -0.460 e. The summed E-state index contributed by atoms with van der Waals surface area (Å²) in [6, 6.07) is 0. The molecule has 0 radical (unpaired) electrons. The molecule has 0 N–H and O–H groups in total. The summed E-state index contributed by atoms with van der Waals surface area (Å²) in [6.45, 7) is 14.5. The highest BCUT2D eigenvalue weighted by Crippen LogP contribution is 2.30. The monoisotopic (exact) mass is 304 g/mol. The van der Waals surface area contributed by atoms with Crippen LogP contribution in [0.15, 0.2) is 0 Å². The van der Waals surface area contributed by atoms with Gasteiger partial charge in [0.05, 0.1) is 11.8 Å². The molecule has 0 aromatic heterocycles. The Hall–Kier alpha value is -1.06. The van der Waals surface area contributed by atoms with Crippen molar-refractivity contribution in [3.8, 4) is 0 Å². The summed E-state index contributed by atoms with van der Waals surface area (Å²) in [5.74, 6) is -0.726. The van der Waals surface area contributed by atoms with Crippen LogP contribution in [0.5, 0.6) is 0 Å². The lowest BCUT2D eigenvalue weighted by molar-refractivity contribution is -0.174. The molecular weight excluding hydrogens is 268 g/mol. The molecule has 0 aliphatic carbocycles. The molecule has 0 aliphatic rings. The summed E-state index contributed by atoms with van der Waals surface area (Å²) >= 11 is 0. The molecule has 0 aliphatic heterocycles. The summed E-state index contributed by atoms with van der Waals surface area (Å²) < 4.78 is 10.6. The molecule has 0 saturated carbocycles. The fraction of sp³-hybridized carbons (Fsp3) is 0.882. The number of esters is 2. The first-order chi connectivity index (χ1) is 8.29. The minimum atomic E-state index is -0.838. The molecular formula is C17H36O4. The molecule has 4 heteroatoms. The number of ether oxygens (including phenoxy) is 2. The van der Waals surface area contributed by atoms with Gasteiger partial charge in [-0.05, 0) is 54.9 Å². The van der Waals surface area contributed by atoms with Crippen molar-refractivity contribution < 1.29 is 19.1 Å². The van der Waals surface area contributed by atoms with Gasteiger partial charge in [0.1, 0.15) is 11.2 Å². The van der Waals surface area contributed by atoms with Crippen molar-refractivity contribution in [2.24, 2.45) is 5.41 Å². The first-order valence-electron chi connectivity index (χ1n) is 6.74. The Morgan fingerprint density at radius 3 is 1.48 bits per heavy atom. The lowest BCUT2D eigenvalue weighted by Gasteiger charge is -2.31. The molecule has 0 aromatic carbocycles. The standard InChI is InChI=1S/C15H28O4.2CH4/c1-9-15(8,12(17)19-14(5,6)7)10-11(16)18-13(2,3)4;;/h9-10H2,1-8H3;2*1H4. The first kappa shape index (κ1) is 24.9. The van der Waals surface area contributed by atoms with E-state index in [1.807, 2.05) is 48.5 Å². The van der Waals surface area contributed by atoms with Crippen molar-refractivity contribution in [1.29, 1.82) is 0 Å². The van der Waals surface area contributed by atoms with Crippen LogP contribution >= 0.6 is 0 Å². The summed E-state index contributed by atoms with van der Waals surface area (Å²) in [4.78, 5) is 24.1. The number of carbonyl (C=O) groups is 2. The van der Waals surface area contributed by atoms with Crippen LogP contribution in [0, 0.1) is 5.41 Å². The van der Waals surface area contributed by atoms with Gasteiger partial charge in [0.25, 0.3) is 0 Å². The van der Waals surface area contributed by atoms with Crippen LogP contribution in [-0.4, -0.2) is 23.1 Å². The number of hydrogen-bond acceptors (Lipinski definition) is 4. The smallest absolute Gasteiger partial charge is 0.312 e. The Kier molecular flexibility index (Phi) is 9.97. The van der Waals surface area contributed by atoms with Crippen molar-refractivity contribution in [3.63, 3.8) is 0 Å². The van der Waals surface area contributed by atoms with E-state index in [0.29, 0.717) is 6.42 Å². The van der Waals surface area contributed by atoms with Crippen LogP contribution in [0.4, 0.5) is 0 Å². The number of hydrogen-bond donors (Lipinski definition) is 0. The van der Waals surface area contributed by atoms with Crippen LogP contribution in [0.2, 0.25) is 0 Å². The highest BCUT2D eigenvalue weighted by molar-refractivity contribution is 5.83. The van der Waals surface area contributed by atoms with Gasteiger partial charge in [-0.1, -0.05) is 21.8 Å². The fourth-order valence-corrected chi connectivity index (χ4v) is 1.44. The second kappa shape index (κ2) is 8.40. The summed E-state index contributed by atoms with van der Waals surface area (Å²) in [6.07, 6.45) is 0.566. The van der Waals surface area contributed by atoms with Gasteiger partial charge in [0.15, 0.2) is 0 Å². The zero-order chi connectivity index (χ0) is 15.5. The molecule has 1 unspecified atom stereocenters.